The van der Waals surface area contributed by atoms with Gasteiger partial charge in [0, 0.05) is 15.5 Å². The minimum atomic E-state index is -0.926. The molecule has 0 saturated carbocycles. The fourth-order valence-electron chi connectivity index (χ4n) is 2.71. The van der Waals surface area contributed by atoms with Crippen molar-refractivity contribution in [1.82, 2.24) is 5.32 Å². The van der Waals surface area contributed by atoms with Crippen molar-refractivity contribution in [1.29, 1.82) is 0 Å². The summed E-state index contributed by atoms with van der Waals surface area (Å²) in [6, 6.07) is 5.59. The average Bonchev–Trinajstić information content (AvgIpc) is 3.06. The second-order valence-electron chi connectivity index (χ2n) is 5.34. The van der Waals surface area contributed by atoms with Gasteiger partial charge in [0.15, 0.2) is 0 Å². The van der Waals surface area contributed by atoms with Crippen LogP contribution in [0.2, 0.25) is 5.02 Å². The van der Waals surface area contributed by atoms with Crippen LogP contribution < -0.4 is 16.4 Å². The molecule has 0 unspecified atom stereocenters. The lowest BCUT2D eigenvalue weighted by Gasteiger charge is -2.08. The van der Waals surface area contributed by atoms with Gasteiger partial charge in [-0.3, -0.25) is 14.9 Å². The molecule has 1 aliphatic carbocycles. The molecule has 3 rings (SSSR count). The van der Waals surface area contributed by atoms with E-state index in [0.717, 1.165) is 29.7 Å². The van der Waals surface area contributed by atoms with Crippen molar-refractivity contribution in [3.63, 3.8) is 0 Å². The molecule has 24 heavy (non-hydrogen) atoms. The van der Waals surface area contributed by atoms with Crippen LogP contribution in [-0.4, -0.2) is 17.8 Å². The first-order chi connectivity index (χ1) is 11.5. The monoisotopic (exact) mass is 363 g/mol. The van der Waals surface area contributed by atoms with Gasteiger partial charge >= 0.3 is 6.03 Å². The summed E-state index contributed by atoms with van der Waals surface area (Å²) in [6.45, 7) is 0. The lowest BCUT2D eigenvalue weighted by Crippen LogP contribution is -2.35. The van der Waals surface area contributed by atoms with Gasteiger partial charge in [-0.15, -0.1) is 11.3 Å². The number of aryl methyl sites for hydroxylation is 1. The number of urea groups is 1. The fourth-order valence-corrected chi connectivity index (χ4v) is 4.18. The smallest absolute Gasteiger partial charge is 0.319 e. The molecule has 0 fully saturated rings. The van der Waals surface area contributed by atoms with Gasteiger partial charge in [-0.2, -0.15) is 0 Å². The van der Waals surface area contributed by atoms with Gasteiger partial charge in [-0.1, -0.05) is 17.7 Å². The van der Waals surface area contributed by atoms with Gasteiger partial charge < -0.3 is 11.1 Å². The predicted octanol–water partition coefficient (Wildman–Crippen LogP) is 2.95. The Hall–Kier alpha value is -2.38. The zero-order chi connectivity index (χ0) is 17.3. The molecule has 6 nitrogen and oxygen atoms in total. The lowest BCUT2D eigenvalue weighted by atomic mass is 10.1. The third-order valence-corrected chi connectivity index (χ3v) is 5.14. The van der Waals surface area contributed by atoms with Gasteiger partial charge in [0.05, 0.1) is 5.56 Å². The van der Waals surface area contributed by atoms with E-state index < -0.39 is 11.9 Å². The summed E-state index contributed by atoms with van der Waals surface area (Å²) in [5, 5.41) is 5.68. The summed E-state index contributed by atoms with van der Waals surface area (Å²) >= 11 is 7.25. The van der Waals surface area contributed by atoms with Gasteiger partial charge in [0.25, 0.3) is 11.8 Å². The van der Waals surface area contributed by atoms with Crippen molar-refractivity contribution < 1.29 is 14.4 Å². The minimum Gasteiger partial charge on any atom is -0.351 e. The molecule has 1 aromatic heterocycles. The first-order valence-electron chi connectivity index (χ1n) is 7.28. The summed E-state index contributed by atoms with van der Waals surface area (Å²) < 4.78 is 0. The average molecular weight is 364 g/mol. The molecular formula is C16H14ClN3O3S. The first kappa shape index (κ1) is 16.5. The molecule has 0 saturated heterocycles. The van der Waals surface area contributed by atoms with Gasteiger partial charge in [0.1, 0.15) is 5.00 Å². The van der Waals surface area contributed by atoms with Crippen LogP contribution >= 0.6 is 22.9 Å². The number of imide groups is 1. The first-order valence-corrected chi connectivity index (χ1v) is 8.47. The van der Waals surface area contributed by atoms with E-state index in [1.807, 2.05) is 0 Å². The number of primary amides is 1. The highest BCUT2D eigenvalue weighted by molar-refractivity contribution is 7.17. The molecule has 1 aromatic carbocycles. The van der Waals surface area contributed by atoms with Gasteiger partial charge in [-0.25, -0.2) is 4.79 Å². The summed E-state index contributed by atoms with van der Waals surface area (Å²) in [4.78, 5) is 36.7. The minimum absolute atomic E-state index is 0.321. The Morgan fingerprint density at radius 2 is 1.96 bits per heavy atom. The number of nitrogens with one attached hydrogen (secondary N) is 2. The van der Waals surface area contributed by atoms with Crippen LogP contribution in [0.25, 0.3) is 0 Å². The number of carbonyl (C=O) groups is 3. The van der Waals surface area contributed by atoms with Crippen molar-refractivity contribution in [2.45, 2.75) is 19.3 Å². The van der Waals surface area contributed by atoms with Crippen LogP contribution in [0.4, 0.5) is 9.80 Å². The Morgan fingerprint density at radius 1 is 1.17 bits per heavy atom. The molecule has 2 aromatic rings. The Bertz CT molecular complexity index is 847. The number of thiophene rings is 1. The number of benzene rings is 1. The number of anilines is 1. The van der Waals surface area contributed by atoms with E-state index in [1.54, 1.807) is 24.3 Å². The highest BCUT2D eigenvalue weighted by Gasteiger charge is 2.28. The molecule has 124 valence electrons. The highest BCUT2D eigenvalue weighted by atomic mass is 35.5. The van der Waals surface area contributed by atoms with E-state index in [9.17, 15) is 14.4 Å². The number of halogens is 1. The van der Waals surface area contributed by atoms with E-state index in [1.165, 1.54) is 11.3 Å². The Morgan fingerprint density at radius 3 is 2.67 bits per heavy atom. The largest absolute Gasteiger partial charge is 0.351 e. The number of carbonyl (C=O) groups excluding carboxylic acids is 3. The second kappa shape index (κ2) is 6.62. The maximum atomic E-state index is 12.4. The lowest BCUT2D eigenvalue weighted by molar-refractivity contribution is 0.0966. The maximum Gasteiger partial charge on any atom is 0.319 e. The molecule has 4 N–H and O–H groups in total. The van der Waals surface area contributed by atoms with E-state index in [-0.39, 0.29) is 5.91 Å². The molecule has 0 bridgehead atoms. The summed E-state index contributed by atoms with van der Waals surface area (Å²) in [7, 11) is 0. The molecule has 8 heteroatoms. The molecule has 0 radical (unpaired) electrons. The molecule has 0 atom stereocenters. The Labute approximate surface area is 147 Å². The zero-order valence-corrected chi connectivity index (χ0v) is 14.1. The standard InChI is InChI=1S/C16H14ClN3O3S/c17-9-4-1-3-8(7-9)13(21)19-15-12(14(22)20-16(18)23)10-5-2-6-11(10)24-15/h1,3-4,7H,2,5-6H2,(H,19,21)(H3,18,20,22,23). The number of hydrogen-bond donors (Lipinski definition) is 3. The van der Waals surface area contributed by atoms with Gasteiger partial charge in [-0.05, 0) is 43.0 Å². The topological polar surface area (TPSA) is 101 Å². The van der Waals surface area contributed by atoms with Crippen LogP contribution in [0, 0.1) is 0 Å². The van der Waals surface area contributed by atoms with E-state index in [4.69, 9.17) is 17.3 Å². The van der Waals surface area contributed by atoms with Crippen molar-refractivity contribution >= 4 is 45.8 Å². The normalized spacial score (nSPS) is 12.5. The molecule has 4 amide bonds. The summed E-state index contributed by atoms with van der Waals surface area (Å²) in [5.41, 5.74) is 6.62. The Kier molecular flexibility index (Phi) is 4.55. The van der Waals surface area contributed by atoms with Crippen molar-refractivity contribution in [2.24, 2.45) is 5.73 Å². The number of nitrogens with two attached hydrogens (primary N) is 1. The third-order valence-electron chi connectivity index (χ3n) is 3.70. The number of amides is 4. The van der Waals surface area contributed by atoms with Crippen LogP contribution in [-0.2, 0) is 12.8 Å². The summed E-state index contributed by atoms with van der Waals surface area (Å²) in [5.74, 6) is -0.964. The van der Waals surface area contributed by atoms with Gasteiger partial charge in [0.2, 0.25) is 0 Å². The van der Waals surface area contributed by atoms with Crippen molar-refractivity contribution in [3.8, 4) is 0 Å². The predicted molar refractivity (Wildman–Crippen MR) is 92.8 cm³/mol. The molecular weight excluding hydrogens is 350 g/mol. The molecule has 1 aliphatic rings. The third kappa shape index (κ3) is 3.27. The van der Waals surface area contributed by atoms with E-state index >= 15 is 0 Å². The Balaban J connectivity index is 1.92. The maximum absolute atomic E-state index is 12.4. The number of rotatable bonds is 3. The molecule has 1 heterocycles. The number of hydrogen-bond acceptors (Lipinski definition) is 4. The van der Waals surface area contributed by atoms with Crippen molar-refractivity contribution in [3.05, 3.63) is 50.9 Å². The summed E-state index contributed by atoms with van der Waals surface area (Å²) in [6.07, 6.45) is 2.53. The van der Waals surface area contributed by atoms with Crippen LogP contribution in [0.1, 0.15) is 37.6 Å². The zero-order valence-electron chi connectivity index (χ0n) is 12.5. The number of fused-ring (bicyclic) bond motifs is 1. The molecule has 0 aliphatic heterocycles. The SMILES string of the molecule is NC(=O)NC(=O)c1c(NC(=O)c2cccc(Cl)c2)sc2c1CCC2. The van der Waals surface area contributed by atoms with Crippen molar-refractivity contribution in [2.75, 3.05) is 5.32 Å². The van der Waals surface area contributed by atoms with E-state index in [0.29, 0.717) is 21.2 Å². The second-order valence-corrected chi connectivity index (χ2v) is 6.89. The quantitative estimate of drug-likeness (QED) is 0.781. The highest BCUT2D eigenvalue weighted by Crippen LogP contribution is 2.39. The van der Waals surface area contributed by atoms with E-state index in [2.05, 4.69) is 10.6 Å². The van der Waals surface area contributed by atoms with Crippen LogP contribution in [0.5, 0.6) is 0 Å². The van der Waals surface area contributed by atoms with Crippen LogP contribution in [0.3, 0.4) is 0 Å². The molecule has 0 spiro atoms. The van der Waals surface area contributed by atoms with Crippen LogP contribution in [0.15, 0.2) is 24.3 Å². The fraction of sp³-hybridized carbons (Fsp3) is 0.188.